The van der Waals surface area contributed by atoms with Crippen molar-refractivity contribution in [3.8, 4) is 0 Å². The highest BCUT2D eigenvalue weighted by Crippen LogP contribution is 2.29. The Morgan fingerprint density at radius 3 is 2.68 bits per heavy atom. The van der Waals surface area contributed by atoms with Crippen LogP contribution in [-0.4, -0.2) is 0 Å². The maximum Gasteiger partial charge on any atom is 0.0647 e. The molecule has 0 aliphatic carbocycles. The van der Waals surface area contributed by atoms with Crippen molar-refractivity contribution in [2.75, 3.05) is 5.01 Å². The van der Waals surface area contributed by atoms with Gasteiger partial charge in [0.25, 0.3) is 0 Å². The highest BCUT2D eigenvalue weighted by molar-refractivity contribution is 5.75. The monoisotopic (exact) mass is 252 g/mol. The van der Waals surface area contributed by atoms with Crippen molar-refractivity contribution in [1.82, 2.24) is 0 Å². The fourth-order valence-electron chi connectivity index (χ4n) is 2.11. The van der Waals surface area contributed by atoms with Gasteiger partial charge in [0.05, 0.1) is 11.4 Å². The van der Waals surface area contributed by atoms with Crippen LogP contribution < -0.4 is 10.9 Å². The minimum atomic E-state index is 0.992. The van der Waals surface area contributed by atoms with Gasteiger partial charge in [-0.2, -0.15) is 0 Å². The average Bonchev–Trinajstić information content (AvgIpc) is 2.56. The van der Waals surface area contributed by atoms with Crippen molar-refractivity contribution in [3.63, 3.8) is 0 Å². The molecular formula is C17H20N2. The molecule has 0 amide bonds. The van der Waals surface area contributed by atoms with Crippen LogP contribution in [0.2, 0.25) is 0 Å². The molecular weight excluding hydrogens is 232 g/mol. The molecule has 0 unspecified atom stereocenters. The third kappa shape index (κ3) is 2.85. The molecule has 1 aliphatic heterocycles. The molecule has 0 saturated carbocycles. The lowest BCUT2D eigenvalue weighted by Crippen LogP contribution is -2.30. The van der Waals surface area contributed by atoms with E-state index in [1.165, 1.54) is 0 Å². The minimum Gasteiger partial charge on any atom is -0.278 e. The fraction of sp³-hybridized carbons (Fsp3) is 0.176. The summed E-state index contributed by atoms with van der Waals surface area (Å²) in [7, 11) is 0. The second kappa shape index (κ2) is 6.21. The molecule has 2 N–H and O–H groups in total. The fourth-order valence-corrected chi connectivity index (χ4v) is 2.11. The first-order valence-corrected chi connectivity index (χ1v) is 6.63. The second-order valence-electron chi connectivity index (χ2n) is 4.41. The zero-order valence-electron chi connectivity index (χ0n) is 11.5. The van der Waals surface area contributed by atoms with Gasteiger partial charge in [0, 0.05) is 0 Å². The number of hydrogen-bond acceptors (Lipinski definition) is 2. The lowest BCUT2D eigenvalue weighted by molar-refractivity contribution is 1.02. The molecule has 1 aliphatic rings. The maximum atomic E-state index is 6.30. The Morgan fingerprint density at radius 1 is 1.16 bits per heavy atom. The quantitative estimate of drug-likeness (QED) is 0.817. The van der Waals surface area contributed by atoms with Crippen molar-refractivity contribution in [3.05, 3.63) is 71.5 Å². The van der Waals surface area contributed by atoms with E-state index in [-0.39, 0.29) is 0 Å². The number of para-hydroxylation sites is 1. The lowest BCUT2D eigenvalue weighted by Gasteiger charge is -2.21. The van der Waals surface area contributed by atoms with Gasteiger partial charge in [-0.25, -0.2) is 5.84 Å². The largest absolute Gasteiger partial charge is 0.278 e. The van der Waals surface area contributed by atoms with E-state index in [9.17, 15) is 0 Å². The Balaban J connectivity index is 2.56. The second-order valence-corrected chi connectivity index (χ2v) is 4.41. The predicted octanol–water partition coefficient (Wildman–Crippen LogP) is 4.19. The first kappa shape index (κ1) is 13.4. The van der Waals surface area contributed by atoms with E-state index >= 15 is 0 Å². The van der Waals surface area contributed by atoms with Crippen LogP contribution in [0.5, 0.6) is 0 Å². The third-order valence-corrected chi connectivity index (χ3v) is 3.05. The Kier molecular flexibility index (Phi) is 4.37. The summed E-state index contributed by atoms with van der Waals surface area (Å²) in [5, 5.41) is 1.76. The van der Waals surface area contributed by atoms with Crippen LogP contribution in [0, 0.1) is 0 Å². The summed E-state index contributed by atoms with van der Waals surface area (Å²) < 4.78 is 0. The molecule has 0 fully saturated rings. The topological polar surface area (TPSA) is 29.3 Å². The van der Waals surface area contributed by atoms with Gasteiger partial charge >= 0.3 is 0 Å². The zero-order chi connectivity index (χ0) is 13.7. The number of hydrogen-bond donors (Lipinski definition) is 1. The van der Waals surface area contributed by atoms with Crippen LogP contribution in [0.3, 0.4) is 0 Å². The van der Waals surface area contributed by atoms with E-state index in [0.717, 1.165) is 28.9 Å². The molecule has 2 nitrogen and oxygen atoms in total. The third-order valence-electron chi connectivity index (χ3n) is 3.05. The van der Waals surface area contributed by atoms with Crippen molar-refractivity contribution in [2.24, 2.45) is 5.84 Å². The Morgan fingerprint density at radius 2 is 1.95 bits per heavy atom. The molecule has 0 saturated heterocycles. The molecule has 2 heteroatoms. The van der Waals surface area contributed by atoms with Gasteiger partial charge in [0.15, 0.2) is 0 Å². The maximum absolute atomic E-state index is 6.30. The average molecular weight is 252 g/mol. The van der Waals surface area contributed by atoms with Gasteiger partial charge in [0.2, 0.25) is 0 Å². The summed E-state index contributed by atoms with van der Waals surface area (Å²) in [4.78, 5) is 0. The normalized spacial score (nSPS) is 15.4. The van der Waals surface area contributed by atoms with Gasteiger partial charge in [-0.3, -0.25) is 5.01 Å². The SMILES string of the molecule is CC=CC1=C(C=CCC)N(N)c2ccccc2C=C1. The van der Waals surface area contributed by atoms with Crippen molar-refractivity contribution < 1.29 is 0 Å². The first-order chi connectivity index (χ1) is 9.27. The Hall–Kier alpha value is -2.06. The van der Waals surface area contributed by atoms with Crippen LogP contribution in [0.25, 0.3) is 6.08 Å². The van der Waals surface area contributed by atoms with Crippen LogP contribution in [0.1, 0.15) is 25.8 Å². The van der Waals surface area contributed by atoms with Gasteiger partial charge in [0.1, 0.15) is 0 Å². The summed E-state index contributed by atoms with van der Waals surface area (Å²) in [6.07, 6.45) is 13.5. The number of rotatable bonds is 3. The lowest BCUT2D eigenvalue weighted by atomic mass is 10.1. The van der Waals surface area contributed by atoms with Crippen LogP contribution in [-0.2, 0) is 0 Å². The molecule has 0 radical (unpaired) electrons. The molecule has 0 bridgehead atoms. The number of allylic oxidation sites excluding steroid dienone is 6. The molecule has 1 aromatic carbocycles. The molecule has 0 aromatic heterocycles. The molecule has 98 valence electrons. The number of fused-ring (bicyclic) bond motifs is 1. The predicted molar refractivity (Wildman–Crippen MR) is 83.4 cm³/mol. The zero-order valence-corrected chi connectivity index (χ0v) is 11.5. The Labute approximate surface area is 115 Å². The van der Waals surface area contributed by atoms with Crippen LogP contribution >= 0.6 is 0 Å². The smallest absolute Gasteiger partial charge is 0.0647 e. The number of nitrogens with zero attached hydrogens (tertiary/aromatic N) is 1. The van der Waals surface area contributed by atoms with E-state index in [0.29, 0.717) is 0 Å². The number of anilines is 1. The standard InChI is InChI=1S/C17H20N2/c1-3-5-10-16-14(8-4-2)12-13-15-9-6-7-11-17(15)19(16)18/h4-13H,3,18H2,1-2H3. The Bertz CT molecular complexity index is 562. The number of benzene rings is 1. The summed E-state index contributed by atoms with van der Waals surface area (Å²) in [6, 6.07) is 8.15. The summed E-state index contributed by atoms with van der Waals surface area (Å²) in [5.41, 5.74) is 4.29. The van der Waals surface area contributed by atoms with Gasteiger partial charge < -0.3 is 0 Å². The molecule has 0 spiro atoms. The van der Waals surface area contributed by atoms with E-state index in [4.69, 9.17) is 5.84 Å². The molecule has 19 heavy (non-hydrogen) atoms. The summed E-state index contributed by atoms with van der Waals surface area (Å²) in [5.74, 6) is 6.30. The van der Waals surface area contributed by atoms with Gasteiger partial charge in [-0.05, 0) is 36.6 Å². The van der Waals surface area contributed by atoms with Crippen molar-refractivity contribution in [1.29, 1.82) is 0 Å². The molecule has 1 heterocycles. The number of nitrogens with two attached hydrogens (primary N) is 1. The van der Waals surface area contributed by atoms with Crippen LogP contribution in [0.4, 0.5) is 5.69 Å². The number of hydrazine groups is 1. The van der Waals surface area contributed by atoms with Crippen LogP contribution in [0.15, 0.2) is 65.9 Å². The summed E-state index contributed by atoms with van der Waals surface area (Å²) in [6.45, 7) is 4.13. The van der Waals surface area contributed by atoms with Crippen molar-refractivity contribution >= 4 is 11.8 Å². The minimum absolute atomic E-state index is 0.992. The van der Waals surface area contributed by atoms with E-state index in [2.05, 4.69) is 43.4 Å². The van der Waals surface area contributed by atoms with Crippen molar-refractivity contribution in [2.45, 2.75) is 20.3 Å². The molecule has 1 aromatic rings. The molecule has 0 atom stereocenters. The summed E-state index contributed by atoms with van der Waals surface area (Å²) >= 11 is 0. The molecule has 2 rings (SSSR count). The highest BCUT2D eigenvalue weighted by atomic mass is 15.4. The van der Waals surface area contributed by atoms with Gasteiger partial charge in [-0.1, -0.05) is 55.5 Å². The van der Waals surface area contributed by atoms with Gasteiger partial charge in [-0.15, -0.1) is 0 Å². The highest BCUT2D eigenvalue weighted by Gasteiger charge is 2.14. The van der Waals surface area contributed by atoms with E-state index in [1.807, 2.05) is 31.2 Å². The van der Waals surface area contributed by atoms with E-state index < -0.39 is 0 Å². The first-order valence-electron chi connectivity index (χ1n) is 6.63. The van der Waals surface area contributed by atoms with E-state index in [1.54, 1.807) is 5.01 Å².